The highest BCUT2D eigenvalue weighted by Crippen LogP contribution is 2.06. The molecule has 0 spiro atoms. The van der Waals surface area contributed by atoms with Crippen LogP contribution in [-0.4, -0.2) is 19.1 Å². The van der Waals surface area contributed by atoms with Crippen molar-refractivity contribution < 1.29 is 4.74 Å². The Morgan fingerprint density at radius 1 is 1.36 bits per heavy atom. The summed E-state index contributed by atoms with van der Waals surface area (Å²) in [6.07, 6.45) is 4.93. The summed E-state index contributed by atoms with van der Waals surface area (Å²) in [5, 5.41) is 0. The Balaban J connectivity index is 2.53. The zero-order valence-corrected chi connectivity index (χ0v) is 9.08. The summed E-state index contributed by atoms with van der Waals surface area (Å²) in [7, 11) is 1.71. The monoisotopic (exact) mass is 210 g/mol. The summed E-state index contributed by atoms with van der Waals surface area (Å²) in [6, 6.07) is 10.3. The highest BCUT2D eigenvalue weighted by molar-refractivity contribution is 6.18. The second-order valence-electron chi connectivity index (χ2n) is 3.05. The number of methoxy groups -OCH3 is 1. The van der Waals surface area contributed by atoms with E-state index in [4.69, 9.17) is 16.3 Å². The van der Waals surface area contributed by atoms with Crippen LogP contribution in [0.2, 0.25) is 0 Å². The van der Waals surface area contributed by atoms with Crippen LogP contribution >= 0.6 is 11.6 Å². The number of hydrogen-bond donors (Lipinski definition) is 0. The van der Waals surface area contributed by atoms with Crippen LogP contribution in [0.15, 0.2) is 42.5 Å². The molecule has 0 N–H and O–H groups in total. The largest absolute Gasteiger partial charge is 0.377 e. The Morgan fingerprint density at radius 3 is 2.64 bits per heavy atom. The summed E-state index contributed by atoms with van der Waals surface area (Å²) in [4.78, 5) is 0. The summed E-state index contributed by atoms with van der Waals surface area (Å²) in [5.41, 5.74) is 1.28. The molecule has 0 aromatic heterocycles. The standard InChI is InChI=1S/C12H15ClO/c1-14-12(8-5-9-13)10-11-6-3-2-4-7-11/h2-8,12H,9-10H2,1H3/b8-5+. The maximum atomic E-state index is 5.56. The van der Waals surface area contributed by atoms with Gasteiger partial charge in [-0.15, -0.1) is 11.6 Å². The normalized spacial score (nSPS) is 13.3. The number of allylic oxidation sites excluding steroid dienone is 1. The van der Waals surface area contributed by atoms with Gasteiger partial charge < -0.3 is 4.74 Å². The molecule has 14 heavy (non-hydrogen) atoms. The summed E-state index contributed by atoms with van der Waals surface area (Å²) in [5.74, 6) is 0.536. The van der Waals surface area contributed by atoms with Crippen LogP contribution in [0.4, 0.5) is 0 Å². The van der Waals surface area contributed by atoms with E-state index in [2.05, 4.69) is 12.1 Å². The summed E-state index contributed by atoms with van der Waals surface area (Å²) < 4.78 is 5.31. The Hall–Kier alpha value is -0.790. The first-order chi connectivity index (χ1) is 6.86. The zero-order valence-electron chi connectivity index (χ0n) is 8.32. The molecule has 0 amide bonds. The minimum atomic E-state index is 0.121. The van der Waals surface area contributed by atoms with Crippen LogP contribution in [0, 0.1) is 0 Å². The van der Waals surface area contributed by atoms with E-state index in [1.54, 1.807) is 7.11 Å². The zero-order chi connectivity index (χ0) is 10.2. The summed E-state index contributed by atoms with van der Waals surface area (Å²) in [6.45, 7) is 0. The van der Waals surface area contributed by atoms with Gasteiger partial charge in [0.1, 0.15) is 0 Å². The fraction of sp³-hybridized carbons (Fsp3) is 0.333. The van der Waals surface area contributed by atoms with Crippen LogP contribution in [0.5, 0.6) is 0 Å². The van der Waals surface area contributed by atoms with Crippen molar-refractivity contribution in [2.75, 3.05) is 13.0 Å². The predicted octanol–water partition coefficient (Wildman–Crippen LogP) is 3.04. The topological polar surface area (TPSA) is 9.23 Å². The lowest BCUT2D eigenvalue weighted by Crippen LogP contribution is -2.10. The van der Waals surface area contributed by atoms with Crippen molar-refractivity contribution in [3.05, 3.63) is 48.0 Å². The van der Waals surface area contributed by atoms with E-state index in [0.717, 1.165) is 6.42 Å². The smallest absolute Gasteiger partial charge is 0.0792 e. The number of ether oxygens (including phenoxy) is 1. The minimum Gasteiger partial charge on any atom is -0.377 e. The van der Waals surface area contributed by atoms with E-state index in [1.165, 1.54) is 5.56 Å². The first-order valence-electron chi connectivity index (χ1n) is 4.66. The molecule has 0 heterocycles. The number of benzene rings is 1. The SMILES string of the molecule is COC(/C=C/CCl)Cc1ccccc1. The van der Waals surface area contributed by atoms with Gasteiger partial charge in [0.2, 0.25) is 0 Å². The van der Waals surface area contributed by atoms with Gasteiger partial charge in [-0.1, -0.05) is 42.5 Å². The molecule has 0 fully saturated rings. The van der Waals surface area contributed by atoms with Crippen LogP contribution < -0.4 is 0 Å². The molecule has 76 valence electrons. The lowest BCUT2D eigenvalue weighted by molar-refractivity contribution is 0.141. The van der Waals surface area contributed by atoms with Crippen LogP contribution in [0.25, 0.3) is 0 Å². The van der Waals surface area contributed by atoms with Crippen molar-refractivity contribution in [2.45, 2.75) is 12.5 Å². The Bertz CT molecular complexity index is 269. The molecule has 0 aliphatic heterocycles. The van der Waals surface area contributed by atoms with Crippen LogP contribution in [-0.2, 0) is 11.2 Å². The third-order valence-corrected chi connectivity index (χ3v) is 2.20. The molecule has 0 saturated carbocycles. The van der Waals surface area contributed by atoms with E-state index in [-0.39, 0.29) is 6.10 Å². The van der Waals surface area contributed by atoms with Gasteiger partial charge in [-0.05, 0) is 5.56 Å². The maximum absolute atomic E-state index is 5.56. The molecule has 2 heteroatoms. The molecule has 1 unspecified atom stereocenters. The molecular formula is C12H15ClO. The molecule has 1 aromatic carbocycles. The van der Waals surface area contributed by atoms with E-state index in [0.29, 0.717) is 5.88 Å². The fourth-order valence-corrected chi connectivity index (χ4v) is 1.38. The van der Waals surface area contributed by atoms with Crippen LogP contribution in [0.3, 0.4) is 0 Å². The van der Waals surface area contributed by atoms with Gasteiger partial charge in [-0.2, -0.15) is 0 Å². The van der Waals surface area contributed by atoms with Crippen molar-refractivity contribution >= 4 is 11.6 Å². The third kappa shape index (κ3) is 3.95. The second-order valence-corrected chi connectivity index (χ2v) is 3.35. The number of rotatable bonds is 5. The van der Waals surface area contributed by atoms with Gasteiger partial charge in [0.15, 0.2) is 0 Å². The van der Waals surface area contributed by atoms with Crippen molar-refractivity contribution in [3.8, 4) is 0 Å². The molecule has 0 aliphatic carbocycles. The Kier molecular flexibility index (Phi) is 5.35. The number of halogens is 1. The van der Waals surface area contributed by atoms with Gasteiger partial charge in [0, 0.05) is 19.4 Å². The lowest BCUT2D eigenvalue weighted by Gasteiger charge is -2.10. The van der Waals surface area contributed by atoms with Crippen molar-refractivity contribution in [1.82, 2.24) is 0 Å². The molecule has 1 atom stereocenters. The highest BCUT2D eigenvalue weighted by atomic mass is 35.5. The average Bonchev–Trinajstić information content (AvgIpc) is 2.25. The maximum Gasteiger partial charge on any atom is 0.0792 e. The minimum absolute atomic E-state index is 0.121. The molecule has 1 nitrogen and oxygen atoms in total. The van der Waals surface area contributed by atoms with Gasteiger partial charge in [0.05, 0.1) is 6.10 Å². The van der Waals surface area contributed by atoms with E-state index in [9.17, 15) is 0 Å². The molecule has 0 saturated heterocycles. The molecule has 1 rings (SSSR count). The van der Waals surface area contributed by atoms with Gasteiger partial charge in [-0.3, -0.25) is 0 Å². The van der Waals surface area contributed by atoms with Gasteiger partial charge in [0.25, 0.3) is 0 Å². The Labute approximate surface area is 90.3 Å². The second kappa shape index (κ2) is 6.63. The van der Waals surface area contributed by atoms with Crippen molar-refractivity contribution in [1.29, 1.82) is 0 Å². The van der Waals surface area contributed by atoms with E-state index in [1.807, 2.05) is 30.4 Å². The lowest BCUT2D eigenvalue weighted by atomic mass is 10.1. The molecular weight excluding hydrogens is 196 g/mol. The third-order valence-electron chi connectivity index (χ3n) is 2.02. The first kappa shape index (κ1) is 11.3. The van der Waals surface area contributed by atoms with Gasteiger partial charge in [-0.25, -0.2) is 0 Å². The fourth-order valence-electron chi connectivity index (χ4n) is 1.28. The summed E-state index contributed by atoms with van der Waals surface area (Å²) >= 11 is 5.56. The Morgan fingerprint density at radius 2 is 2.07 bits per heavy atom. The van der Waals surface area contributed by atoms with E-state index >= 15 is 0 Å². The first-order valence-corrected chi connectivity index (χ1v) is 5.19. The highest BCUT2D eigenvalue weighted by Gasteiger charge is 2.02. The number of hydrogen-bond acceptors (Lipinski definition) is 1. The number of alkyl halides is 1. The molecule has 1 aromatic rings. The molecule has 0 aliphatic rings. The van der Waals surface area contributed by atoms with Gasteiger partial charge >= 0.3 is 0 Å². The molecule has 0 bridgehead atoms. The van der Waals surface area contributed by atoms with Crippen molar-refractivity contribution in [2.24, 2.45) is 0 Å². The van der Waals surface area contributed by atoms with E-state index < -0.39 is 0 Å². The van der Waals surface area contributed by atoms with Crippen molar-refractivity contribution in [3.63, 3.8) is 0 Å². The predicted molar refractivity (Wildman–Crippen MR) is 60.8 cm³/mol. The average molecular weight is 211 g/mol. The quantitative estimate of drug-likeness (QED) is 0.536. The van der Waals surface area contributed by atoms with Crippen LogP contribution in [0.1, 0.15) is 5.56 Å². The molecule has 0 radical (unpaired) electrons.